The molecule has 1 amide bonds. The number of phenolic OH excluding ortho intramolecular Hbond substituents is 1. The third-order valence-corrected chi connectivity index (χ3v) is 3.39. The number of nitrogens with one attached hydrogen (secondary N) is 1. The maximum absolute atomic E-state index is 12.0. The van der Waals surface area contributed by atoms with Gasteiger partial charge >= 0.3 is 5.97 Å². The summed E-state index contributed by atoms with van der Waals surface area (Å²) < 4.78 is 0.347. The van der Waals surface area contributed by atoms with E-state index in [1.54, 1.807) is 0 Å². The zero-order valence-corrected chi connectivity index (χ0v) is 13.2. The first-order chi connectivity index (χ1) is 10.3. The molecule has 1 rings (SSSR count). The second kappa shape index (κ2) is 8.23. The van der Waals surface area contributed by atoms with Crippen molar-refractivity contribution in [1.82, 2.24) is 5.32 Å². The molecular formula is C13H17BrN4O4. The standard InChI is InChI=1S/C13H17BrN4O4/c14-8-6-7(3-4-10(8)19)11(20)18-9(12(21)22)2-1-5-17-13(15)16/h3-4,6,9,19H,1-2,5H2,(H,18,20)(H,21,22)(H4,15,16,17). The van der Waals surface area contributed by atoms with E-state index in [4.69, 9.17) is 16.6 Å². The van der Waals surface area contributed by atoms with Crippen molar-refractivity contribution in [2.24, 2.45) is 16.5 Å². The second-order valence-electron chi connectivity index (χ2n) is 4.48. The topological polar surface area (TPSA) is 151 Å². The summed E-state index contributed by atoms with van der Waals surface area (Å²) in [4.78, 5) is 26.9. The van der Waals surface area contributed by atoms with Crippen LogP contribution in [0.4, 0.5) is 0 Å². The molecule has 1 aromatic rings. The highest BCUT2D eigenvalue weighted by molar-refractivity contribution is 9.10. The van der Waals surface area contributed by atoms with Crippen LogP contribution in [0.1, 0.15) is 23.2 Å². The minimum atomic E-state index is -1.14. The number of carboxylic acid groups (broad SMARTS) is 1. The average Bonchev–Trinajstić information content (AvgIpc) is 2.44. The molecule has 9 heteroatoms. The molecule has 8 nitrogen and oxygen atoms in total. The normalized spacial score (nSPS) is 11.5. The number of nitrogens with two attached hydrogens (primary N) is 2. The van der Waals surface area contributed by atoms with Gasteiger partial charge in [0.2, 0.25) is 0 Å². The first-order valence-corrected chi connectivity index (χ1v) is 7.18. The van der Waals surface area contributed by atoms with Gasteiger partial charge in [0, 0.05) is 12.1 Å². The maximum atomic E-state index is 12.0. The zero-order chi connectivity index (χ0) is 16.7. The highest BCUT2D eigenvalue weighted by Crippen LogP contribution is 2.24. The molecule has 120 valence electrons. The van der Waals surface area contributed by atoms with Crippen molar-refractivity contribution < 1.29 is 19.8 Å². The van der Waals surface area contributed by atoms with E-state index in [0.29, 0.717) is 10.9 Å². The van der Waals surface area contributed by atoms with Gasteiger partial charge in [0.1, 0.15) is 11.8 Å². The van der Waals surface area contributed by atoms with Crippen LogP contribution in [0.5, 0.6) is 5.75 Å². The van der Waals surface area contributed by atoms with Gasteiger partial charge in [-0.05, 0) is 47.0 Å². The lowest BCUT2D eigenvalue weighted by atomic mass is 10.1. The third kappa shape index (κ3) is 5.60. The zero-order valence-electron chi connectivity index (χ0n) is 11.6. The Morgan fingerprint density at radius 2 is 2.05 bits per heavy atom. The van der Waals surface area contributed by atoms with Crippen molar-refractivity contribution in [3.63, 3.8) is 0 Å². The van der Waals surface area contributed by atoms with Crippen molar-refractivity contribution in [1.29, 1.82) is 0 Å². The first-order valence-electron chi connectivity index (χ1n) is 6.39. The number of phenols is 1. The summed E-state index contributed by atoms with van der Waals surface area (Å²) in [5.41, 5.74) is 10.6. The number of guanidine groups is 1. The fourth-order valence-corrected chi connectivity index (χ4v) is 2.03. The largest absolute Gasteiger partial charge is 0.507 e. The van der Waals surface area contributed by atoms with Gasteiger partial charge in [-0.15, -0.1) is 0 Å². The molecule has 0 saturated carbocycles. The number of hydrogen-bond acceptors (Lipinski definition) is 4. The Labute approximate surface area is 135 Å². The Morgan fingerprint density at radius 1 is 1.36 bits per heavy atom. The molecule has 0 aromatic heterocycles. The van der Waals surface area contributed by atoms with Crippen LogP contribution in [-0.2, 0) is 4.79 Å². The van der Waals surface area contributed by atoms with Gasteiger partial charge < -0.3 is 27.0 Å². The number of halogens is 1. The predicted octanol–water partition coefficient (Wildman–Crippen LogP) is 0.391. The van der Waals surface area contributed by atoms with Crippen LogP contribution in [0.2, 0.25) is 0 Å². The summed E-state index contributed by atoms with van der Waals surface area (Å²) in [6, 6.07) is 3.10. The number of carbonyl (C=O) groups is 2. The summed E-state index contributed by atoms with van der Waals surface area (Å²) >= 11 is 3.09. The molecule has 0 bridgehead atoms. The maximum Gasteiger partial charge on any atom is 0.326 e. The van der Waals surface area contributed by atoms with E-state index in [-0.39, 0.29) is 30.2 Å². The second-order valence-corrected chi connectivity index (χ2v) is 5.33. The van der Waals surface area contributed by atoms with Crippen LogP contribution in [0.15, 0.2) is 27.7 Å². The number of carboxylic acids is 1. The number of amides is 1. The van der Waals surface area contributed by atoms with Crippen LogP contribution in [0, 0.1) is 0 Å². The van der Waals surface area contributed by atoms with Gasteiger partial charge in [0.05, 0.1) is 4.47 Å². The molecule has 0 saturated heterocycles. The average molecular weight is 373 g/mol. The summed E-state index contributed by atoms with van der Waals surface area (Å²) in [6.07, 6.45) is 0.603. The number of nitrogens with zero attached hydrogens (tertiary/aromatic N) is 1. The van der Waals surface area contributed by atoms with Crippen molar-refractivity contribution in [2.45, 2.75) is 18.9 Å². The molecule has 0 aliphatic carbocycles. The Morgan fingerprint density at radius 3 is 2.59 bits per heavy atom. The van der Waals surface area contributed by atoms with Crippen LogP contribution in [0.3, 0.4) is 0 Å². The number of carbonyl (C=O) groups excluding carboxylic acids is 1. The number of rotatable bonds is 7. The van der Waals surface area contributed by atoms with Gasteiger partial charge in [-0.25, -0.2) is 4.79 Å². The molecule has 1 aromatic carbocycles. The molecule has 0 fully saturated rings. The van der Waals surface area contributed by atoms with E-state index >= 15 is 0 Å². The van der Waals surface area contributed by atoms with E-state index in [2.05, 4.69) is 26.2 Å². The van der Waals surface area contributed by atoms with Crippen LogP contribution in [0.25, 0.3) is 0 Å². The van der Waals surface area contributed by atoms with Gasteiger partial charge in [-0.3, -0.25) is 9.79 Å². The van der Waals surface area contributed by atoms with Crippen LogP contribution in [-0.4, -0.2) is 40.6 Å². The molecule has 7 N–H and O–H groups in total. The summed E-state index contributed by atoms with van der Waals surface area (Å²) in [5.74, 6) is -1.76. The number of aliphatic imine (C=N–C) groups is 1. The SMILES string of the molecule is NC(N)=NCCCC(NC(=O)c1ccc(O)c(Br)c1)C(=O)O. The number of hydrogen-bond donors (Lipinski definition) is 5. The van der Waals surface area contributed by atoms with Crippen LogP contribution >= 0.6 is 15.9 Å². The van der Waals surface area contributed by atoms with Gasteiger partial charge in [0.25, 0.3) is 5.91 Å². The Hall–Kier alpha value is -2.29. The number of aliphatic carboxylic acids is 1. The molecule has 22 heavy (non-hydrogen) atoms. The fourth-order valence-electron chi connectivity index (χ4n) is 1.65. The van der Waals surface area contributed by atoms with Crippen molar-refractivity contribution in [3.05, 3.63) is 28.2 Å². The first kappa shape index (κ1) is 17.8. The minimum Gasteiger partial charge on any atom is -0.507 e. The highest BCUT2D eigenvalue weighted by Gasteiger charge is 2.20. The lowest BCUT2D eigenvalue weighted by Gasteiger charge is -2.14. The molecule has 0 radical (unpaired) electrons. The van der Waals surface area contributed by atoms with Crippen molar-refractivity contribution in [2.75, 3.05) is 6.54 Å². The molecule has 1 atom stereocenters. The molecule has 0 aliphatic rings. The van der Waals surface area contributed by atoms with E-state index in [0.717, 1.165) is 0 Å². The molecule has 1 unspecified atom stereocenters. The Bertz CT molecular complexity index is 587. The van der Waals surface area contributed by atoms with Gasteiger partial charge in [-0.2, -0.15) is 0 Å². The highest BCUT2D eigenvalue weighted by atomic mass is 79.9. The van der Waals surface area contributed by atoms with Crippen molar-refractivity contribution >= 4 is 33.8 Å². The molecule has 0 spiro atoms. The summed E-state index contributed by atoms with van der Waals surface area (Å²) in [5, 5.41) is 20.9. The van der Waals surface area contributed by atoms with Gasteiger partial charge in [-0.1, -0.05) is 0 Å². The Balaban J connectivity index is 2.65. The number of benzene rings is 1. The molecular weight excluding hydrogens is 356 g/mol. The smallest absolute Gasteiger partial charge is 0.326 e. The van der Waals surface area contributed by atoms with E-state index in [1.165, 1.54) is 18.2 Å². The Kier molecular flexibility index (Phi) is 6.64. The van der Waals surface area contributed by atoms with E-state index in [1.807, 2.05) is 0 Å². The molecule has 0 aliphatic heterocycles. The van der Waals surface area contributed by atoms with Crippen molar-refractivity contribution in [3.8, 4) is 5.75 Å². The quantitative estimate of drug-likeness (QED) is 0.265. The lowest BCUT2D eigenvalue weighted by Crippen LogP contribution is -2.40. The summed E-state index contributed by atoms with van der Waals surface area (Å²) in [7, 11) is 0. The van der Waals surface area contributed by atoms with E-state index < -0.39 is 17.9 Å². The molecule has 0 heterocycles. The van der Waals surface area contributed by atoms with E-state index in [9.17, 15) is 14.7 Å². The minimum absolute atomic E-state index is 0.0106. The van der Waals surface area contributed by atoms with Gasteiger partial charge in [0.15, 0.2) is 5.96 Å². The summed E-state index contributed by atoms with van der Waals surface area (Å²) in [6.45, 7) is 0.284. The third-order valence-electron chi connectivity index (χ3n) is 2.76. The lowest BCUT2D eigenvalue weighted by molar-refractivity contribution is -0.139. The monoisotopic (exact) mass is 372 g/mol. The van der Waals surface area contributed by atoms with Crippen LogP contribution < -0.4 is 16.8 Å². The number of aromatic hydroxyl groups is 1. The predicted molar refractivity (Wildman–Crippen MR) is 84.6 cm³/mol. The fraction of sp³-hybridized carbons (Fsp3) is 0.308.